The van der Waals surface area contributed by atoms with Gasteiger partial charge in [-0.15, -0.1) is 0 Å². The highest BCUT2D eigenvalue weighted by Crippen LogP contribution is 2.61. The van der Waals surface area contributed by atoms with Gasteiger partial charge in [0.25, 0.3) is 0 Å². The van der Waals surface area contributed by atoms with E-state index in [1.165, 1.54) is 38.5 Å². The summed E-state index contributed by atoms with van der Waals surface area (Å²) in [4.78, 5) is 12.6. The molecule has 1 aromatic rings. The summed E-state index contributed by atoms with van der Waals surface area (Å²) >= 11 is 11.1. The molecule has 0 unspecified atom stereocenters. The fraction of sp³-hybridized carbons (Fsp3) is 0.579. The van der Waals surface area contributed by atoms with Crippen molar-refractivity contribution in [2.45, 2.75) is 44.9 Å². The lowest BCUT2D eigenvalue weighted by Gasteiger charge is -2.56. The molecule has 5 rings (SSSR count). The van der Waals surface area contributed by atoms with Gasteiger partial charge in [0.1, 0.15) is 0 Å². The van der Waals surface area contributed by atoms with Crippen LogP contribution in [-0.4, -0.2) is 11.0 Å². The molecule has 1 amide bonds. The minimum atomic E-state index is 0.0755. The van der Waals surface area contributed by atoms with Gasteiger partial charge in [-0.25, -0.2) is 0 Å². The first kappa shape index (κ1) is 18.2. The Morgan fingerprint density at radius 2 is 1.80 bits per heavy atom. The van der Waals surface area contributed by atoms with Gasteiger partial charge in [-0.1, -0.05) is 15.9 Å². The first-order chi connectivity index (χ1) is 11.9. The fourth-order valence-corrected chi connectivity index (χ4v) is 7.43. The van der Waals surface area contributed by atoms with Crippen molar-refractivity contribution >= 4 is 67.4 Å². The highest BCUT2D eigenvalue weighted by molar-refractivity contribution is 14.1. The van der Waals surface area contributed by atoms with Gasteiger partial charge in [-0.3, -0.25) is 4.79 Å². The molecule has 0 heterocycles. The molecule has 0 aliphatic heterocycles. The molecule has 3 nitrogen and oxygen atoms in total. The summed E-state index contributed by atoms with van der Waals surface area (Å²) in [6.07, 6.45) is 8.59. The van der Waals surface area contributed by atoms with Crippen LogP contribution in [-0.2, 0) is 4.79 Å². The van der Waals surface area contributed by atoms with Gasteiger partial charge in [0.05, 0.1) is 5.69 Å². The second-order valence-electron chi connectivity index (χ2n) is 8.22. The Labute approximate surface area is 176 Å². The number of carbonyl (C=O) groups is 1. The predicted octanol–water partition coefficient (Wildman–Crippen LogP) is 5.47. The quantitative estimate of drug-likeness (QED) is 0.400. The predicted molar refractivity (Wildman–Crippen MR) is 116 cm³/mol. The van der Waals surface area contributed by atoms with E-state index in [-0.39, 0.29) is 11.3 Å². The molecule has 2 N–H and O–H groups in total. The summed E-state index contributed by atoms with van der Waals surface area (Å²) in [6.45, 7) is 0. The van der Waals surface area contributed by atoms with Gasteiger partial charge in [-0.05, 0) is 115 Å². The number of anilines is 1. The van der Waals surface area contributed by atoms with Crippen LogP contribution in [0.15, 0.2) is 22.7 Å². The number of halogens is 2. The third-order valence-electron chi connectivity index (χ3n) is 6.13. The Morgan fingerprint density at radius 3 is 2.36 bits per heavy atom. The maximum absolute atomic E-state index is 12.6. The maximum atomic E-state index is 12.6. The van der Waals surface area contributed by atoms with Crippen LogP contribution in [0.2, 0.25) is 0 Å². The largest absolute Gasteiger partial charge is 0.332 e. The van der Waals surface area contributed by atoms with E-state index < -0.39 is 0 Å². The number of rotatable bonds is 3. The monoisotopic (exact) mass is 532 g/mol. The van der Waals surface area contributed by atoms with E-state index in [9.17, 15) is 4.79 Å². The Kier molecular flexibility index (Phi) is 5.14. The third-order valence-corrected chi connectivity index (χ3v) is 7.72. The second kappa shape index (κ2) is 7.08. The molecule has 0 atom stereocenters. The van der Waals surface area contributed by atoms with Crippen LogP contribution in [0.25, 0.3) is 0 Å². The summed E-state index contributed by atoms with van der Waals surface area (Å²) in [5.74, 6) is 2.68. The molecule has 4 fully saturated rings. The summed E-state index contributed by atoms with van der Waals surface area (Å²) in [7, 11) is 0. The summed E-state index contributed by atoms with van der Waals surface area (Å²) < 4.78 is 2.09. The van der Waals surface area contributed by atoms with Crippen LogP contribution in [0.5, 0.6) is 0 Å². The molecule has 0 aromatic heterocycles. The molecule has 0 radical (unpaired) electrons. The number of benzene rings is 1. The first-order valence-electron chi connectivity index (χ1n) is 8.97. The average Bonchev–Trinajstić information content (AvgIpc) is 2.47. The van der Waals surface area contributed by atoms with E-state index in [2.05, 4.69) is 49.2 Å². The van der Waals surface area contributed by atoms with E-state index in [1.807, 2.05) is 18.2 Å². The minimum Gasteiger partial charge on any atom is -0.332 e. The van der Waals surface area contributed by atoms with Crippen LogP contribution in [0.4, 0.5) is 5.69 Å². The van der Waals surface area contributed by atoms with E-state index in [0.717, 1.165) is 31.5 Å². The van der Waals surface area contributed by atoms with Gasteiger partial charge in [-0.2, -0.15) is 0 Å². The molecule has 4 aliphatic rings. The van der Waals surface area contributed by atoms with Crippen LogP contribution in [0, 0.1) is 26.7 Å². The highest BCUT2D eigenvalue weighted by atomic mass is 127. The lowest BCUT2D eigenvalue weighted by Crippen LogP contribution is -2.48. The van der Waals surface area contributed by atoms with Crippen molar-refractivity contribution < 1.29 is 4.79 Å². The topological polar surface area (TPSA) is 41.1 Å². The Morgan fingerprint density at radius 1 is 1.20 bits per heavy atom. The molecule has 4 aliphatic carbocycles. The Bertz CT molecular complexity index is 688. The first-order valence-corrected chi connectivity index (χ1v) is 11.2. The smallest absolute Gasteiger partial charge is 0.226 e. The van der Waals surface area contributed by atoms with Crippen molar-refractivity contribution in [2.24, 2.45) is 23.2 Å². The molecule has 1 aromatic carbocycles. The minimum absolute atomic E-state index is 0.0755. The molecule has 25 heavy (non-hydrogen) atoms. The molecule has 4 bridgehead atoms. The molecule has 0 spiro atoms. The van der Waals surface area contributed by atoms with Gasteiger partial charge in [0, 0.05) is 14.5 Å². The van der Waals surface area contributed by atoms with Crippen LogP contribution in [0.1, 0.15) is 44.9 Å². The number of nitrogens with one attached hydrogen (secondary N) is 2. The van der Waals surface area contributed by atoms with Gasteiger partial charge < -0.3 is 10.6 Å². The van der Waals surface area contributed by atoms with Crippen LogP contribution in [0.3, 0.4) is 0 Å². The normalized spacial score (nSPS) is 32.5. The third kappa shape index (κ3) is 4.05. The standard InChI is InChI=1S/C19H22BrIN2OS/c20-14-1-2-16(15(21)6-14)22-18(25)23-17(24)10-19-7-11-3-12(8-19)5-13(4-11)9-19/h1-2,6,11-13H,3-5,7-10H2,(H2,22,23,24,25). The second-order valence-corrected chi connectivity index (χ2v) is 10.7. The van der Waals surface area contributed by atoms with Crippen LogP contribution < -0.4 is 10.6 Å². The lowest BCUT2D eigenvalue weighted by atomic mass is 9.49. The zero-order valence-corrected chi connectivity index (χ0v) is 18.5. The van der Waals surface area contributed by atoms with Gasteiger partial charge >= 0.3 is 0 Å². The van der Waals surface area contributed by atoms with Crippen LogP contribution >= 0.6 is 50.7 Å². The Hall–Kier alpha value is -0.210. The Balaban J connectivity index is 1.35. The van der Waals surface area contributed by atoms with Crippen molar-refractivity contribution in [3.63, 3.8) is 0 Å². The summed E-state index contributed by atoms with van der Waals surface area (Å²) in [5, 5.41) is 6.46. The zero-order valence-electron chi connectivity index (χ0n) is 14.0. The van der Waals surface area contributed by atoms with Crippen molar-refractivity contribution in [3.05, 3.63) is 26.2 Å². The number of amides is 1. The van der Waals surface area contributed by atoms with E-state index in [4.69, 9.17) is 12.2 Å². The molecule has 4 saturated carbocycles. The van der Waals surface area contributed by atoms with Crippen molar-refractivity contribution in [1.82, 2.24) is 5.32 Å². The van der Waals surface area contributed by atoms with Crippen molar-refractivity contribution in [3.8, 4) is 0 Å². The van der Waals surface area contributed by atoms with Crippen molar-refractivity contribution in [1.29, 1.82) is 0 Å². The summed E-state index contributed by atoms with van der Waals surface area (Å²) in [6, 6.07) is 5.94. The molecule has 0 saturated heterocycles. The van der Waals surface area contributed by atoms with Crippen molar-refractivity contribution in [2.75, 3.05) is 5.32 Å². The van der Waals surface area contributed by atoms with E-state index >= 15 is 0 Å². The van der Waals surface area contributed by atoms with Gasteiger partial charge in [0.2, 0.25) is 5.91 Å². The fourth-order valence-electron chi connectivity index (χ4n) is 5.76. The highest BCUT2D eigenvalue weighted by Gasteiger charge is 2.51. The number of carbonyl (C=O) groups excluding carboxylic acids is 1. The zero-order chi connectivity index (χ0) is 17.6. The molecular formula is C19H22BrIN2OS. The number of hydrogen-bond donors (Lipinski definition) is 2. The van der Waals surface area contributed by atoms with Gasteiger partial charge in [0.15, 0.2) is 5.11 Å². The number of hydrogen-bond acceptors (Lipinski definition) is 2. The lowest BCUT2D eigenvalue weighted by molar-refractivity contribution is -0.127. The number of thiocarbonyl (C=S) groups is 1. The SMILES string of the molecule is O=C(CC12CC3CC(CC(C3)C1)C2)NC(=S)Nc1ccc(Br)cc1I. The average molecular weight is 533 g/mol. The molecular weight excluding hydrogens is 511 g/mol. The maximum Gasteiger partial charge on any atom is 0.226 e. The summed E-state index contributed by atoms with van der Waals surface area (Å²) in [5.41, 5.74) is 1.17. The van der Waals surface area contributed by atoms with E-state index in [1.54, 1.807) is 0 Å². The van der Waals surface area contributed by atoms with E-state index in [0.29, 0.717) is 11.5 Å². The molecule has 6 heteroatoms. The molecule has 134 valence electrons.